The molecule has 0 aliphatic rings. The predicted octanol–water partition coefficient (Wildman–Crippen LogP) is 2.90. The van der Waals surface area contributed by atoms with E-state index in [-0.39, 0.29) is 0 Å². The van der Waals surface area contributed by atoms with Crippen LogP contribution < -0.4 is 4.73 Å². The van der Waals surface area contributed by atoms with E-state index in [0.717, 1.165) is 5.39 Å². The molecular formula is C17H15N3O3S. The van der Waals surface area contributed by atoms with Crippen molar-refractivity contribution < 1.29 is 14.3 Å². The highest BCUT2D eigenvalue weighted by atomic mass is 32.2. The molecule has 0 saturated carbocycles. The standard InChI is InChI=1S/C17H15N3O3S/c1-11(23-16(21)12-6-4-3-5-7-12)15-8-13-9-18-17(24-2)19-14(13)10-20(15)22/h3-11H,1-2H3. The predicted molar refractivity (Wildman–Crippen MR) is 90.6 cm³/mol. The van der Waals surface area contributed by atoms with Gasteiger partial charge in [-0.1, -0.05) is 30.0 Å². The van der Waals surface area contributed by atoms with E-state index < -0.39 is 12.1 Å². The van der Waals surface area contributed by atoms with Crippen LogP contribution in [-0.4, -0.2) is 22.2 Å². The minimum Gasteiger partial charge on any atom is -0.618 e. The number of fused-ring (bicyclic) bond motifs is 1. The lowest BCUT2D eigenvalue weighted by molar-refractivity contribution is -0.616. The Balaban J connectivity index is 1.88. The summed E-state index contributed by atoms with van der Waals surface area (Å²) in [5.74, 6) is -0.475. The Morgan fingerprint density at radius 1 is 1.33 bits per heavy atom. The van der Waals surface area contributed by atoms with Gasteiger partial charge in [0.1, 0.15) is 5.52 Å². The molecule has 0 aliphatic heterocycles. The summed E-state index contributed by atoms with van der Waals surface area (Å²) in [5, 5.41) is 13.6. The van der Waals surface area contributed by atoms with Crippen molar-refractivity contribution >= 4 is 28.6 Å². The average Bonchev–Trinajstić information content (AvgIpc) is 2.61. The van der Waals surface area contributed by atoms with E-state index in [1.807, 2.05) is 12.3 Å². The molecule has 3 aromatic rings. The molecule has 1 aromatic carbocycles. The number of rotatable bonds is 4. The molecule has 7 heteroatoms. The summed E-state index contributed by atoms with van der Waals surface area (Å²) in [6.45, 7) is 1.66. The van der Waals surface area contributed by atoms with E-state index >= 15 is 0 Å². The summed E-state index contributed by atoms with van der Waals surface area (Å²) >= 11 is 1.40. The number of carbonyl (C=O) groups excluding carboxylic acids is 1. The quantitative estimate of drug-likeness (QED) is 0.239. The van der Waals surface area contributed by atoms with Gasteiger partial charge >= 0.3 is 5.97 Å². The van der Waals surface area contributed by atoms with E-state index in [1.165, 1.54) is 18.0 Å². The molecule has 1 atom stereocenters. The van der Waals surface area contributed by atoms with Gasteiger partial charge in [0.2, 0.25) is 11.9 Å². The second kappa shape index (κ2) is 6.84. The maximum absolute atomic E-state index is 12.3. The van der Waals surface area contributed by atoms with Crippen molar-refractivity contribution in [2.24, 2.45) is 0 Å². The fourth-order valence-corrected chi connectivity index (χ4v) is 2.62. The lowest BCUT2D eigenvalue weighted by Crippen LogP contribution is -2.34. The van der Waals surface area contributed by atoms with Crippen LogP contribution in [0.2, 0.25) is 0 Å². The number of ether oxygens (including phenoxy) is 1. The van der Waals surface area contributed by atoms with Crippen molar-refractivity contribution in [1.29, 1.82) is 0 Å². The van der Waals surface area contributed by atoms with Crippen molar-refractivity contribution in [2.45, 2.75) is 18.2 Å². The minimum absolute atomic E-state index is 0.326. The van der Waals surface area contributed by atoms with Crippen molar-refractivity contribution in [3.63, 3.8) is 0 Å². The lowest BCUT2D eigenvalue weighted by atomic mass is 10.2. The Morgan fingerprint density at radius 3 is 2.79 bits per heavy atom. The van der Waals surface area contributed by atoms with Gasteiger partial charge in [-0.05, 0) is 25.3 Å². The van der Waals surface area contributed by atoms with E-state index in [9.17, 15) is 10.0 Å². The average molecular weight is 341 g/mol. The van der Waals surface area contributed by atoms with Gasteiger partial charge in [0.15, 0.2) is 11.3 Å². The summed E-state index contributed by atoms with van der Waals surface area (Å²) in [6.07, 6.45) is 4.20. The van der Waals surface area contributed by atoms with Crippen LogP contribution in [0.15, 0.2) is 53.9 Å². The number of hydrogen-bond acceptors (Lipinski definition) is 6. The third-order valence-electron chi connectivity index (χ3n) is 3.52. The highest BCUT2D eigenvalue weighted by Gasteiger charge is 2.21. The molecule has 0 saturated heterocycles. The smallest absolute Gasteiger partial charge is 0.338 e. The number of esters is 1. The molecule has 0 spiro atoms. The van der Waals surface area contributed by atoms with E-state index in [2.05, 4.69) is 9.97 Å². The first-order valence-corrected chi connectivity index (χ1v) is 8.51. The number of hydrogen-bond donors (Lipinski definition) is 0. The Labute approximate surface area is 143 Å². The molecule has 122 valence electrons. The zero-order chi connectivity index (χ0) is 17.1. The van der Waals surface area contributed by atoms with Gasteiger partial charge in [0.05, 0.1) is 5.56 Å². The maximum Gasteiger partial charge on any atom is 0.338 e. The molecule has 2 aromatic heterocycles. The van der Waals surface area contributed by atoms with Crippen LogP contribution in [0.1, 0.15) is 29.1 Å². The third kappa shape index (κ3) is 3.30. The van der Waals surface area contributed by atoms with Crippen LogP contribution in [-0.2, 0) is 4.74 Å². The lowest BCUT2D eigenvalue weighted by Gasteiger charge is -2.13. The molecule has 1 unspecified atom stereocenters. The van der Waals surface area contributed by atoms with Crippen molar-refractivity contribution in [1.82, 2.24) is 9.97 Å². The largest absolute Gasteiger partial charge is 0.618 e. The van der Waals surface area contributed by atoms with Crippen LogP contribution in [0.25, 0.3) is 10.9 Å². The van der Waals surface area contributed by atoms with Gasteiger partial charge < -0.3 is 9.94 Å². The molecule has 24 heavy (non-hydrogen) atoms. The normalized spacial score (nSPS) is 12.1. The Hall–Kier alpha value is -2.67. The molecule has 0 bridgehead atoms. The first-order valence-electron chi connectivity index (χ1n) is 7.28. The molecule has 6 nitrogen and oxygen atoms in total. The summed E-state index contributed by atoms with van der Waals surface area (Å²) < 4.78 is 6.08. The maximum atomic E-state index is 12.3. The Kier molecular flexibility index (Phi) is 4.61. The molecule has 3 rings (SSSR count). The van der Waals surface area contributed by atoms with Gasteiger partial charge in [0.25, 0.3) is 0 Å². The van der Waals surface area contributed by atoms with Crippen molar-refractivity contribution in [3.8, 4) is 0 Å². The SMILES string of the molecule is CSc1ncc2cc(C(C)OC(=O)c3ccccc3)[n+]([O-])cc2n1. The second-order valence-corrected chi connectivity index (χ2v) is 5.91. The molecule has 0 N–H and O–H groups in total. The summed E-state index contributed by atoms with van der Waals surface area (Å²) in [4.78, 5) is 20.6. The summed E-state index contributed by atoms with van der Waals surface area (Å²) in [6, 6.07) is 10.3. The summed E-state index contributed by atoms with van der Waals surface area (Å²) in [7, 11) is 0. The number of aromatic nitrogens is 3. The van der Waals surface area contributed by atoms with E-state index in [1.54, 1.807) is 43.5 Å². The molecule has 0 amide bonds. The van der Waals surface area contributed by atoms with Gasteiger partial charge in [-0.15, -0.1) is 0 Å². The fraction of sp³-hybridized carbons (Fsp3) is 0.176. The van der Waals surface area contributed by atoms with E-state index in [0.29, 0.717) is 26.7 Å². The first kappa shape index (κ1) is 16.2. The highest BCUT2D eigenvalue weighted by Crippen LogP contribution is 2.20. The summed E-state index contributed by atoms with van der Waals surface area (Å²) in [5.41, 5.74) is 1.32. The van der Waals surface area contributed by atoms with Crippen LogP contribution in [0.5, 0.6) is 0 Å². The third-order valence-corrected chi connectivity index (χ3v) is 4.08. The van der Waals surface area contributed by atoms with Crippen LogP contribution >= 0.6 is 11.8 Å². The Bertz CT molecular complexity index is 887. The topological polar surface area (TPSA) is 79.0 Å². The van der Waals surface area contributed by atoms with Gasteiger partial charge in [-0.2, -0.15) is 4.73 Å². The minimum atomic E-state index is -0.695. The van der Waals surface area contributed by atoms with Crippen molar-refractivity contribution in [2.75, 3.05) is 6.26 Å². The second-order valence-electron chi connectivity index (χ2n) is 5.13. The van der Waals surface area contributed by atoms with Gasteiger partial charge in [-0.25, -0.2) is 14.8 Å². The molecule has 0 fully saturated rings. The number of benzene rings is 1. The fourth-order valence-electron chi connectivity index (χ4n) is 2.27. The highest BCUT2D eigenvalue weighted by molar-refractivity contribution is 7.98. The van der Waals surface area contributed by atoms with Gasteiger partial charge in [0, 0.05) is 17.6 Å². The molecular weight excluding hydrogens is 326 g/mol. The van der Waals surface area contributed by atoms with Crippen LogP contribution in [0.4, 0.5) is 0 Å². The molecule has 0 aliphatic carbocycles. The zero-order valence-corrected chi connectivity index (χ0v) is 14.0. The van der Waals surface area contributed by atoms with Crippen molar-refractivity contribution in [3.05, 3.63) is 65.3 Å². The first-order chi connectivity index (χ1) is 11.6. The van der Waals surface area contributed by atoms with Crippen LogP contribution in [0.3, 0.4) is 0 Å². The van der Waals surface area contributed by atoms with Crippen LogP contribution in [0, 0.1) is 5.21 Å². The monoisotopic (exact) mass is 341 g/mol. The van der Waals surface area contributed by atoms with E-state index in [4.69, 9.17) is 4.74 Å². The molecule has 2 heterocycles. The zero-order valence-electron chi connectivity index (χ0n) is 13.2. The Morgan fingerprint density at radius 2 is 2.08 bits per heavy atom. The van der Waals surface area contributed by atoms with Gasteiger partial charge in [-0.3, -0.25) is 0 Å². The number of nitrogens with zero attached hydrogens (tertiary/aromatic N) is 3. The molecule has 0 radical (unpaired) electrons. The number of carbonyl (C=O) groups is 1. The number of thioether (sulfide) groups is 1. The number of pyridine rings is 1.